The molecule has 0 saturated carbocycles. The van der Waals surface area contributed by atoms with E-state index < -0.39 is 0 Å². The normalized spacial score (nSPS) is 18.0. The number of carbonyl (C=O) groups is 1. The number of halogens is 1. The summed E-state index contributed by atoms with van der Waals surface area (Å²) >= 11 is 0. The van der Waals surface area contributed by atoms with Gasteiger partial charge in [-0.3, -0.25) is 9.78 Å². The Labute approximate surface area is 104 Å². The minimum Gasteiger partial charge on any atom is -0.368 e. The molecule has 1 amide bonds. The average Bonchev–Trinajstić information content (AvgIpc) is 2.66. The van der Waals surface area contributed by atoms with Crippen molar-refractivity contribution in [1.82, 2.24) is 9.38 Å². The second kappa shape index (κ2) is 4.25. The Balaban J connectivity index is 0.00000108. The fraction of sp³-hybridized carbons (Fsp3) is 0.273. The summed E-state index contributed by atoms with van der Waals surface area (Å²) < 4.78 is 2.00. The first-order valence-corrected chi connectivity index (χ1v) is 5.25. The van der Waals surface area contributed by atoms with E-state index >= 15 is 0 Å². The maximum Gasteiger partial charge on any atom is 0.239 e. The van der Waals surface area contributed by atoms with Crippen LogP contribution in [0, 0.1) is 0 Å². The van der Waals surface area contributed by atoms with E-state index in [0.717, 1.165) is 24.2 Å². The maximum atomic E-state index is 11.2. The highest BCUT2D eigenvalue weighted by Gasteiger charge is 2.24. The smallest absolute Gasteiger partial charge is 0.239 e. The third-order valence-corrected chi connectivity index (χ3v) is 3.01. The summed E-state index contributed by atoms with van der Waals surface area (Å²) in [5.74, 6) is 0.669. The van der Waals surface area contributed by atoms with Crippen molar-refractivity contribution in [3.8, 4) is 0 Å². The van der Waals surface area contributed by atoms with Gasteiger partial charge >= 0.3 is 0 Å². The van der Waals surface area contributed by atoms with Gasteiger partial charge in [0.05, 0.1) is 11.7 Å². The molecular formula is C11H13ClN4O. The number of anilines is 1. The number of nitrogens with one attached hydrogen (secondary N) is 1. The number of fused-ring (bicyclic) bond motifs is 3. The summed E-state index contributed by atoms with van der Waals surface area (Å²) in [5, 5.41) is 3.18. The standard InChI is InChI=1S/C11H12N4O.ClH/c12-10(16)9-2-1-7-5-8-6-13-3-4-15(8)11(7)14-9;/h3-6,9,14H,1-2H2,(H2,12,16);1H. The van der Waals surface area contributed by atoms with Crippen LogP contribution in [0.2, 0.25) is 0 Å². The molecule has 0 saturated heterocycles. The quantitative estimate of drug-likeness (QED) is 0.794. The molecule has 17 heavy (non-hydrogen) atoms. The minimum atomic E-state index is -0.297. The largest absolute Gasteiger partial charge is 0.368 e. The predicted molar refractivity (Wildman–Crippen MR) is 67.4 cm³/mol. The first kappa shape index (κ1) is 11.7. The first-order chi connectivity index (χ1) is 7.75. The first-order valence-electron chi connectivity index (χ1n) is 5.25. The van der Waals surface area contributed by atoms with Crippen LogP contribution in [-0.4, -0.2) is 21.3 Å². The summed E-state index contributed by atoms with van der Waals surface area (Å²) in [7, 11) is 0. The average molecular weight is 253 g/mol. The number of nitrogens with zero attached hydrogens (tertiary/aromatic N) is 2. The molecular weight excluding hydrogens is 240 g/mol. The Bertz CT molecular complexity index is 566. The van der Waals surface area contributed by atoms with Crippen molar-refractivity contribution in [3.63, 3.8) is 0 Å². The molecule has 0 spiro atoms. The minimum absolute atomic E-state index is 0. The summed E-state index contributed by atoms with van der Waals surface area (Å²) in [6.45, 7) is 0. The monoisotopic (exact) mass is 252 g/mol. The molecule has 2 aromatic heterocycles. The fourth-order valence-corrected chi connectivity index (χ4v) is 2.19. The molecule has 1 unspecified atom stereocenters. The molecule has 0 fully saturated rings. The van der Waals surface area contributed by atoms with E-state index in [2.05, 4.69) is 16.4 Å². The van der Waals surface area contributed by atoms with Crippen LogP contribution < -0.4 is 11.1 Å². The van der Waals surface area contributed by atoms with Gasteiger partial charge in [0.15, 0.2) is 0 Å². The molecule has 0 radical (unpaired) electrons. The number of hydrogen-bond acceptors (Lipinski definition) is 3. The number of hydrogen-bond donors (Lipinski definition) is 2. The number of nitrogens with two attached hydrogens (primary N) is 1. The lowest BCUT2D eigenvalue weighted by Gasteiger charge is -2.22. The number of carbonyl (C=O) groups excluding carboxylic acids is 1. The van der Waals surface area contributed by atoms with Gasteiger partial charge in [0.2, 0.25) is 5.91 Å². The molecule has 0 aromatic carbocycles. The van der Waals surface area contributed by atoms with Crippen molar-refractivity contribution in [1.29, 1.82) is 0 Å². The number of rotatable bonds is 1. The summed E-state index contributed by atoms with van der Waals surface area (Å²) in [6, 6.07) is 1.82. The highest BCUT2D eigenvalue weighted by Crippen LogP contribution is 2.27. The van der Waals surface area contributed by atoms with Gasteiger partial charge in [-0.1, -0.05) is 0 Å². The van der Waals surface area contributed by atoms with Crippen LogP contribution in [0.25, 0.3) is 5.52 Å². The molecule has 3 N–H and O–H groups in total. The van der Waals surface area contributed by atoms with Crippen LogP contribution >= 0.6 is 12.4 Å². The van der Waals surface area contributed by atoms with Gasteiger partial charge in [-0.05, 0) is 24.5 Å². The predicted octanol–water partition coefficient (Wildman–Crippen LogP) is 0.968. The lowest BCUT2D eigenvalue weighted by atomic mass is 10.0. The molecule has 3 rings (SSSR count). The van der Waals surface area contributed by atoms with Crippen LogP contribution in [0.5, 0.6) is 0 Å². The Morgan fingerprint density at radius 3 is 3.18 bits per heavy atom. The molecule has 90 valence electrons. The van der Waals surface area contributed by atoms with Crippen LogP contribution in [-0.2, 0) is 11.2 Å². The van der Waals surface area contributed by atoms with E-state index in [-0.39, 0.29) is 24.4 Å². The summed E-state index contributed by atoms with van der Waals surface area (Å²) in [5.41, 5.74) is 7.56. The van der Waals surface area contributed by atoms with Crippen molar-refractivity contribution in [2.45, 2.75) is 18.9 Å². The maximum absolute atomic E-state index is 11.2. The van der Waals surface area contributed by atoms with Gasteiger partial charge in [-0.2, -0.15) is 0 Å². The number of amides is 1. The van der Waals surface area contributed by atoms with Crippen molar-refractivity contribution in [3.05, 3.63) is 30.2 Å². The highest BCUT2D eigenvalue weighted by atomic mass is 35.5. The number of aryl methyl sites for hydroxylation is 1. The van der Waals surface area contributed by atoms with Crippen LogP contribution in [0.1, 0.15) is 12.0 Å². The Hall–Kier alpha value is -1.75. The summed E-state index contributed by atoms with van der Waals surface area (Å²) in [4.78, 5) is 15.2. The van der Waals surface area contributed by atoms with Crippen LogP contribution in [0.15, 0.2) is 24.7 Å². The van der Waals surface area contributed by atoms with E-state index in [0.29, 0.717) is 0 Å². The number of aromatic nitrogens is 2. The van der Waals surface area contributed by atoms with Crippen molar-refractivity contribution >= 4 is 29.6 Å². The van der Waals surface area contributed by atoms with E-state index in [9.17, 15) is 4.79 Å². The van der Waals surface area contributed by atoms with Crippen molar-refractivity contribution in [2.75, 3.05) is 5.32 Å². The van der Waals surface area contributed by atoms with Crippen molar-refractivity contribution in [2.24, 2.45) is 5.73 Å². The third kappa shape index (κ3) is 1.82. The molecule has 1 aliphatic heterocycles. The van der Waals surface area contributed by atoms with E-state index in [1.165, 1.54) is 5.56 Å². The molecule has 5 nitrogen and oxygen atoms in total. The molecule has 1 atom stereocenters. The van der Waals surface area contributed by atoms with Gasteiger partial charge in [0.25, 0.3) is 0 Å². The molecule has 2 aromatic rings. The van der Waals surface area contributed by atoms with E-state index in [1.807, 2.05) is 10.6 Å². The van der Waals surface area contributed by atoms with E-state index in [1.54, 1.807) is 12.4 Å². The van der Waals surface area contributed by atoms with Gasteiger partial charge in [0.1, 0.15) is 11.9 Å². The highest BCUT2D eigenvalue weighted by molar-refractivity contribution is 5.85. The Morgan fingerprint density at radius 1 is 1.59 bits per heavy atom. The Kier molecular flexibility index (Phi) is 2.93. The number of primary amides is 1. The van der Waals surface area contributed by atoms with Crippen LogP contribution in [0.4, 0.5) is 5.82 Å². The van der Waals surface area contributed by atoms with Crippen molar-refractivity contribution < 1.29 is 4.79 Å². The van der Waals surface area contributed by atoms with Gasteiger partial charge in [0, 0.05) is 12.4 Å². The second-order valence-corrected chi connectivity index (χ2v) is 4.03. The molecule has 6 heteroatoms. The van der Waals surface area contributed by atoms with Gasteiger partial charge in [-0.15, -0.1) is 12.4 Å². The SMILES string of the molecule is Cl.NC(=O)C1CCc2cc3cnccn3c2N1. The lowest BCUT2D eigenvalue weighted by Crippen LogP contribution is -2.38. The Morgan fingerprint density at radius 2 is 2.41 bits per heavy atom. The fourth-order valence-electron chi connectivity index (χ4n) is 2.19. The lowest BCUT2D eigenvalue weighted by molar-refractivity contribution is -0.118. The molecule has 1 aliphatic rings. The summed E-state index contributed by atoms with van der Waals surface area (Å²) in [6.07, 6.45) is 7.04. The second-order valence-electron chi connectivity index (χ2n) is 4.03. The van der Waals surface area contributed by atoms with Gasteiger partial charge < -0.3 is 15.5 Å². The zero-order valence-electron chi connectivity index (χ0n) is 9.09. The molecule has 3 heterocycles. The topological polar surface area (TPSA) is 72.4 Å². The third-order valence-electron chi connectivity index (χ3n) is 3.01. The molecule has 0 aliphatic carbocycles. The molecule has 0 bridgehead atoms. The van der Waals surface area contributed by atoms with E-state index in [4.69, 9.17) is 5.73 Å². The zero-order valence-corrected chi connectivity index (χ0v) is 9.91. The van der Waals surface area contributed by atoms with Gasteiger partial charge in [-0.25, -0.2) is 0 Å². The zero-order chi connectivity index (χ0) is 11.1. The van der Waals surface area contributed by atoms with Crippen LogP contribution in [0.3, 0.4) is 0 Å².